The normalized spacial score (nSPS) is 23.1. The molecule has 1 aliphatic rings. The first-order chi connectivity index (χ1) is 11.0. The van der Waals surface area contributed by atoms with Crippen LogP contribution in [0.3, 0.4) is 0 Å². The summed E-state index contributed by atoms with van der Waals surface area (Å²) in [6.45, 7) is 7.37. The molecule has 1 fully saturated rings. The van der Waals surface area contributed by atoms with Gasteiger partial charge >= 0.3 is 0 Å². The molecule has 128 valence electrons. The Morgan fingerprint density at radius 2 is 2.13 bits per heavy atom. The van der Waals surface area contributed by atoms with E-state index in [1.54, 1.807) is 6.20 Å². The van der Waals surface area contributed by atoms with Crippen LogP contribution in [0.15, 0.2) is 24.5 Å². The minimum atomic E-state index is -0.245. The van der Waals surface area contributed by atoms with Gasteiger partial charge in [0.25, 0.3) is 0 Å². The molecule has 5 nitrogen and oxygen atoms in total. The fraction of sp³-hybridized carbons (Fsp3) is 0.667. The van der Waals surface area contributed by atoms with E-state index in [2.05, 4.69) is 18.8 Å². The summed E-state index contributed by atoms with van der Waals surface area (Å²) in [5.41, 5.74) is 1.06. The maximum Gasteiger partial charge on any atom is 0.240 e. The van der Waals surface area contributed by atoms with Crippen molar-refractivity contribution in [3.63, 3.8) is 0 Å². The lowest BCUT2D eigenvalue weighted by atomic mass is 9.96. The number of hydrogen-bond donors (Lipinski definition) is 1. The highest BCUT2D eigenvalue weighted by molar-refractivity contribution is 5.82. The molecule has 23 heavy (non-hydrogen) atoms. The van der Waals surface area contributed by atoms with Gasteiger partial charge in [0.05, 0.1) is 12.6 Å². The van der Waals surface area contributed by atoms with Crippen molar-refractivity contribution in [3.8, 4) is 0 Å². The van der Waals surface area contributed by atoms with Gasteiger partial charge in [0.2, 0.25) is 5.91 Å². The number of hydrogen-bond acceptors (Lipinski definition) is 4. The summed E-state index contributed by atoms with van der Waals surface area (Å²) in [5.74, 6) is 0.169. The summed E-state index contributed by atoms with van der Waals surface area (Å²) >= 11 is 0. The van der Waals surface area contributed by atoms with E-state index in [0.29, 0.717) is 25.2 Å². The van der Waals surface area contributed by atoms with Gasteiger partial charge in [-0.2, -0.15) is 0 Å². The van der Waals surface area contributed by atoms with Crippen LogP contribution in [0.4, 0.5) is 0 Å². The molecule has 0 bridgehead atoms. The second kappa shape index (κ2) is 8.41. The molecule has 1 aromatic rings. The average molecular weight is 319 g/mol. The monoisotopic (exact) mass is 319 g/mol. The Bertz CT molecular complexity index is 484. The number of rotatable bonds is 6. The number of nitrogens with zero attached hydrogens (tertiary/aromatic N) is 3. The molecule has 2 heterocycles. The van der Waals surface area contributed by atoms with E-state index < -0.39 is 0 Å². The molecule has 1 N–H and O–H groups in total. The molecule has 1 amide bonds. The van der Waals surface area contributed by atoms with Gasteiger partial charge in [0, 0.05) is 37.6 Å². The molecular formula is C18H29N3O2. The zero-order valence-electron chi connectivity index (χ0n) is 14.5. The first kappa shape index (κ1) is 17.9. The molecular weight excluding hydrogens is 290 g/mol. The zero-order chi connectivity index (χ0) is 16.8. The van der Waals surface area contributed by atoms with E-state index in [1.165, 1.54) is 6.42 Å². The summed E-state index contributed by atoms with van der Waals surface area (Å²) in [6, 6.07) is 4.24. The maximum absolute atomic E-state index is 13.0. The van der Waals surface area contributed by atoms with Crippen LogP contribution in [0.25, 0.3) is 0 Å². The Morgan fingerprint density at radius 3 is 2.70 bits per heavy atom. The van der Waals surface area contributed by atoms with E-state index in [9.17, 15) is 9.90 Å². The number of aliphatic hydroxyl groups is 1. The Kier molecular flexibility index (Phi) is 6.54. The third-order valence-electron chi connectivity index (χ3n) is 4.85. The van der Waals surface area contributed by atoms with Crippen LogP contribution in [-0.2, 0) is 11.3 Å². The molecule has 1 aliphatic heterocycles. The van der Waals surface area contributed by atoms with Crippen LogP contribution < -0.4 is 0 Å². The third kappa shape index (κ3) is 4.52. The van der Waals surface area contributed by atoms with Gasteiger partial charge < -0.3 is 10.0 Å². The fourth-order valence-electron chi connectivity index (χ4n) is 3.49. The van der Waals surface area contributed by atoms with E-state index in [4.69, 9.17) is 0 Å². The highest BCUT2D eigenvalue weighted by Gasteiger charge is 2.33. The minimum Gasteiger partial charge on any atom is -0.395 e. The second-order valence-corrected chi connectivity index (χ2v) is 6.61. The molecule has 3 unspecified atom stereocenters. The zero-order valence-corrected chi connectivity index (χ0v) is 14.5. The molecule has 1 aromatic heterocycles. The Balaban J connectivity index is 2.09. The summed E-state index contributed by atoms with van der Waals surface area (Å²) in [7, 11) is 0. The average Bonchev–Trinajstić information content (AvgIpc) is 2.54. The predicted octanol–water partition coefficient (Wildman–Crippen LogP) is 2.05. The lowest BCUT2D eigenvalue weighted by molar-refractivity contribution is -0.143. The summed E-state index contributed by atoms with van der Waals surface area (Å²) in [6.07, 6.45) is 6.90. The van der Waals surface area contributed by atoms with Crippen LogP contribution in [-0.4, -0.2) is 57.1 Å². The van der Waals surface area contributed by atoms with E-state index in [1.807, 2.05) is 35.1 Å². The molecule has 1 saturated heterocycles. The molecule has 0 spiro atoms. The molecule has 2 rings (SSSR count). The molecule has 0 radical (unpaired) electrons. The number of aliphatic hydroxyl groups excluding tert-OH is 1. The number of aromatic nitrogens is 1. The van der Waals surface area contributed by atoms with Crippen molar-refractivity contribution in [2.45, 2.75) is 64.7 Å². The maximum atomic E-state index is 13.0. The van der Waals surface area contributed by atoms with Crippen molar-refractivity contribution in [3.05, 3.63) is 30.1 Å². The summed E-state index contributed by atoms with van der Waals surface area (Å²) in [5, 5.41) is 9.38. The number of pyridine rings is 1. The molecule has 5 heteroatoms. The van der Waals surface area contributed by atoms with Gasteiger partial charge in [-0.3, -0.25) is 14.7 Å². The van der Waals surface area contributed by atoms with Crippen LogP contribution in [0.5, 0.6) is 0 Å². The van der Waals surface area contributed by atoms with Crippen LogP contribution in [0.1, 0.15) is 45.6 Å². The third-order valence-corrected chi connectivity index (χ3v) is 4.85. The van der Waals surface area contributed by atoms with Crippen LogP contribution >= 0.6 is 0 Å². The fourth-order valence-corrected chi connectivity index (χ4v) is 3.49. The van der Waals surface area contributed by atoms with E-state index in [0.717, 1.165) is 18.4 Å². The lowest BCUT2D eigenvalue weighted by Crippen LogP contribution is -2.55. The van der Waals surface area contributed by atoms with Crippen molar-refractivity contribution in [2.24, 2.45) is 0 Å². The first-order valence-electron chi connectivity index (χ1n) is 8.60. The highest BCUT2D eigenvalue weighted by atomic mass is 16.3. The smallest absolute Gasteiger partial charge is 0.240 e. The summed E-state index contributed by atoms with van der Waals surface area (Å²) in [4.78, 5) is 21.2. The number of carbonyl (C=O) groups excluding carboxylic acids is 1. The Labute approximate surface area is 139 Å². The van der Waals surface area contributed by atoms with Gasteiger partial charge in [-0.25, -0.2) is 0 Å². The number of carbonyl (C=O) groups is 1. The number of piperidine rings is 1. The minimum absolute atomic E-state index is 0.0446. The van der Waals surface area contributed by atoms with Crippen molar-refractivity contribution in [2.75, 3.05) is 13.2 Å². The van der Waals surface area contributed by atoms with Gasteiger partial charge in [-0.1, -0.05) is 6.07 Å². The van der Waals surface area contributed by atoms with E-state index >= 15 is 0 Å². The number of likely N-dealkylation sites (tertiary alicyclic amines) is 1. The largest absolute Gasteiger partial charge is 0.395 e. The highest BCUT2D eigenvalue weighted by Crippen LogP contribution is 2.24. The van der Waals surface area contributed by atoms with Gasteiger partial charge in [0.15, 0.2) is 0 Å². The van der Waals surface area contributed by atoms with Crippen molar-refractivity contribution < 1.29 is 9.90 Å². The van der Waals surface area contributed by atoms with Crippen LogP contribution in [0.2, 0.25) is 0 Å². The molecule has 0 aliphatic carbocycles. The van der Waals surface area contributed by atoms with Crippen molar-refractivity contribution in [1.82, 2.24) is 14.8 Å². The quantitative estimate of drug-likeness (QED) is 0.872. The van der Waals surface area contributed by atoms with Crippen LogP contribution in [0, 0.1) is 0 Å². The molecule has 0 aromatic carbocycles. The lowest BCUT2D eigenvalue weighted by Gasteiger charge is -2.42. The van der Waals surface area contributed by atoms with Crippen molar-refractivity contribution in [1.29, 1.82) is 0 Å². The SMILES string of the molecule is CC(C(=O)N1C(C)CCCC1C)N(CCO)Cc1cccnc1. The Morgan fingerprint density at radius 1 is 1.43 bits per heavy atom. The standard InChI is InChI=1S/C18H29N3O2/c1-14-6-4-7-15(2)21(14)18(23)16(3)20(10-11-22)13-17-8-5-9-19-12-17/h5,8-9,12,14-16,22H,4,6-7,10-11,13H2,1-3H3. The van der Waals surface area contributed by atoms with Gasteiger partial charge in [0.1, 0.15) is 0 Å². The topological polar surface area (TPSA) is 56.7 Å². The summed E-state index contributed by atoms with van der Waals surface area (Å²) < 4.78 is 0. The Hall–Kier alpha value is -1.46. The number of amides is 1. The van der Waals surface area contributed by atoms with Gasteiger partial charge in [-0.15, -0.1) is 0 Å². The van der Waals surface area contributed by atoms with Crippen molar-refractivity contribution >= 4 is 5.91 Å². The second-order valence-electron chi connectivity index (χ2n) is 6.61. The predicted molar refractivity (Wildman–Crippen MR) is 90.8 cm³/mol. The van der Waals surface area contributed by atoms with Gasteiger partial charge in [-0.05, 0) is 51.7 Å². The molecule has 3 atom stereocenters. The van der Waals surface area contributed by atoms with E-state index in [-0.39, 0.29) is 18.6 Å². The molecule has 0 saturated carbocycles. The first-order valence-corrected chi connectivity index (χ1v) is 8.60.